The minimum Gasteiger partial charge on any atom is -0.497 e. The highest BCUT2D eigenvalue weighted by atomic mass is 32.2. The highest BCUT2D eigenvalue weighted by Gasteiger charge is 2.49. The first-order valence-electron chi connectivity index (χ1n) is 33.6. The molecule has 29 heteroatoms. The van der Waals surface area contributed by atoms with Gasteiger partial charge in [-0.15, -0.1) is 0 Å². The molecule has 3 aliphatic heterocycles. The van der Waals surface area contributed by atoms with E-state index in [2.05, 4.69) is 47.2 Å². The molecule has 24 nitrogen and oxygen atoms in total. The van der Waals surface area contributed by atoms with Gasteiger partial charge in [0.25, 0.3) is 0 Å². The van der Waals surface area contributed by atoms with Crippen molar-refractivity contribution in [1.29, 1.82) is 0 Å². The van der Waals surface area contributed by atoms with E-state index in [9.17, 15) is 38.0 Å². The number of ether oxygens (including phenoxy) is 1. The van der Waals surface area contributed by atoms with Gasteiger partial charge in [0.15, 0.2) is 0 Å². The lowest BCUT2D eigenvalue weighted by Gasteiger charge is -2.37. The largest absolute Gasteiger partial charge is 0.497 e. The zero-order valence-corrected chi connectivity index (χ0v) is 58.2. The van der Waals surface area contributed by atoms with Gasteiger partial charge in [-0.05, 0) is 160 Å². The summed E-state index contributed by atoms with van der Waals surface area (Å²) in [6.45, 7) is 6.70. The van der Waals surface area contributed by atoms with E-state index in [0.29, 0.717) is 93.4 Å². The average Bonchev–Trinajstić information content (AvgIpc) is 1.58. The first-order chi connectivity index (χ1) is 47.8. The SMILES string of the molecule is COc1ccc(C[C@@H]2NC(=O)[C@H](C(C)C)NC(=O)[C@@H]3CCCN3C(=O)[C@H](Cc3c[nH]c4ccc(F)cc34)NC(=O)[C@H](Cc3c[nH]c4ccc(F)cc34)NC(=O)[C@@H](C)NC(=O)[C@H](CCCCN)NC(=O)CCSCc3cc(F)cc(c3)CSC[C@@H](C(N)=O)NC(=O)[C@]3(C)CCCN3C2=O)cc1. The molecule has 6 aromatic rings. The number of fused-ring (bicyclic) bond motifs is 6. The van der Waals surface area contributed by atoms with Gasteiger partial charge >= 0.3 is 0 Å². The highest BCUT2D eigenvalue weighted by molar-refractivity contribution is 7.98. The number of carbonyl (C=O) groups is 10. The molecule has 13 N–H and O–H groups in total. The summed E-state index contributed by atoms with van der Waals surface area (Å²) in [6.07, 6.45) is 4.41. The lowest BCUT2D eigenvalue weighted by Crippen LogP contribution is -2.63. The molecule has 0 radical (unpaired) electrons. The van der Waals surface area contributed by atoms with E-state index >= 15 is 23.2 Å². The number of rotatable bonds is 13. The maximum Gasteiger partial charge on any atom is 0.246 e. The number of benzene rings is 4. The minimum atomic E-state index is -1.55. The van der Waals surface area contributed by atoms with Crippen molar-refractivity contribution in [3.05, 3.63) is 137 Å². The molecule has 2 aromatic heterocycles. The van der Waals surface area contributed by atoms with Crippen LogP contribution in [0.25, 0.3) is 21.8 Å². The Morgan fingerprint density at radius 1 is 0.650 bits per heavy atom. The summed E-state index contributed by atoms with van der Waals surface area (Å²) < 4.78 is 50.5. The van der Waals surface area contributed by atoms with E-state index in [1.54, 1.807) is 63.5 Å². The lowest BCUT2D eigenvalue weighted by atomic mass is 9.95. The van der Waals surface area contributed by atoms with Crippen LogP contribution < -0.4 is 53.4 Å². The number of hydrogen-bond acceptors (Lipinski definition) is 14. The Labute approximate surface area is 586 Å². The second-order valence-corrected chi connectivity index (χ2v) is 28.4. The smallest absolute Gasteiger partial charge is 0.246 e. The van der Waals surface area contributed by atoms with Gasteiger partial charge in [-0.1, -0.05) is 32.0 Å². The zero-order valence-electron chi connectivity index (χ0n) is 56.6. The molecule has 0 aliphatic carbocycles. The van der Waals surface area contributed by atoms with Crippen LogP contribution in [-0.4, -0.2) is 171 Å². The predicted molar refractivity (Wildman–Crippen MR) is 374 cm³/mol. The van der Waals surface area contributed by atoms with Gasteiger partial charge in [-0.25, -0.2) is 13.2 Å². The maximum absolute atomic E-state index is 15.5. The van der Waals surface area contributed by atoms with E-state index in [-0.39, 0.29) is 75.3 Å². The van der Waals surface area contributed by atoms with Crippen molar-refractivity contribution in [2.24, 2.45) is 17.4 Å². The van der Waals surface area contributed by atoms with Crippen LogP contribution in [0.5, 0.6) is 5.75 Å². The Morgan fingerprint density at radius 3 is 1.89 bits per heavy atom. The molecule has 0 unspecified atom stereocenters. The number of nitrogens with zero attached hydrogens (tertiary/aromatic N) is 2. The van der Waals surface area contributed by atoms with Crippen LogP contribution in [0.2, 0.25) is 0 Å². The van der Waals surface area contributed by atoms with Crippen molar-refractivity contribution in [3.8, 4) is 5.75 Å². The Bertz CT molecular complexity index is 3990. The Morgan fingerprint density at radius 2 is 1.26 bits per heavy atom. The molecule has 5 heterocycles. The summed E-state index contributed by atoms with van der Waals surface area (Å²) in [4.78, 5) is 154. The minimum absolute atomic E-state index is 0.00440. The fraction of sp³-hybridized carbons (Fsp3) is 0.465. The summed E-state index contributed by atoms with van der Waals surface area (Å²) in [5.41, 5.74) is 13.7. The van der Waals surface area contributed by atoms with E-state index in [4.69, 9.17) is 16.2 Å². The third-order valence-electron chi connectivity index (χ3n) is 18.6. The summed E-state index contributed by atoms with van der Waals surface area (Å²) in [5, 5.41) is 20.3. The average molecular weight is 1420 g/mol. The number of amides is 10. The van der Waals surface area contributed by atoms with E-state index in [1.807, 2.05) is 0 Å². The molecule has 100 heavy (non-hydrogen) atoms. The van der Waals surface area contributed by atoms with Gasteiger partial charge in [-0.2, -0.15) is 23.5 Å². The third kappa shape index (κ3) is 19.1. The molecule has 4 aromatic carbocycles. The molecule has 2 saturated heterocycles. The second-order valence-electron chi connectivity index (χ2n) is 26.3. The van der Waals surface area contributed by atoms with Crippen LogP contribution in [0.3, 0.4) is 0 Å². The van der Waals surface area contributed by atoms with Gasteiger partial charge in [0.1, 0.15) is 77.1 Å². The molecule has 9 rings (SSSR count). The van der Waals surface area contributed by atoms with E-state index in [1.165, 1.54) is 95.9 Å². The van der Waals surface area contributed by atoms with E-state index in [0.717, 1.165) is 0 Å². The van der Waals surface area contributed by atoms with Crippen LogP contribution in [0.1, 0.15) is 107 Å². The van der Waals surface area contributed by atoms with Crippen LogP contribution >= 0.6 is 23.5 Å². The van der Waals surface area contributed by atoms with Crippen molar-refractivity contribution in [1.82, 2.24) is 57.0 Å². The number of primary amides is 1. The number of methoxy groups -OCH3 is 1. The first-order valence-corrected chi connectivity index (χ1v) is 35.9. The molecule has 10 amide bonds. The van der Waals surface area contributed by atoms with Gasteiger partial charge in [0, 0.05) is 96.0 Å². The number of carbonyl (C=O) groups excluding carboxylic acids is 10. The van der Waals surface area contributed by atoms with Crippen molar-refractivity contribution in [2.45, 2.75) is 164 Å². The fourth-order valence-corrected chi connectivity index (χ4v) is 14.9. The Kier molecular flexibility index (Phi) is 25.8. The molecular formula is C71H88F3N13O11S2. The summed E-state index contributed by atoms with van der Waals surface area (Å²) in [5.74, 6) is -8.49. The number of unbranched alkanes of at least 4 members (excludes halogenated alkanes) is 1. The van der Waals surface area contributed by atoms with Crippen LogP contribution in [0.15, 0.2) is 91.3 Å². The number of nitrogens with two attached hydrogens (primary N) is 2. The van der Waals surface area contributed by atoms with Crippen LogP contribution in [0.4, 0.5) is 13.2 Å². The number of halogens is 3. The van der Waals surface area contributed by atoms with Crippen molar-refractivity contribution in [3.63, 3.8) is 0 Å². The van der Waals surface area contributed by atoms with Gasteiger partial charge in [-0.3, -0.25) is 47.9 Å². The monoisotopic (exact) mass is 1420 g/mol. The number of aromatic nitrogens is 2. The molecule has 2 fully saturated rings. The van der Waals surface area contributed by atoms with Gasteiger partial charge < -0.3 is 73.2 Å². The maximum atomic E-state index is 15.5. The van der Waals surface area contributed by atoms with Crippen molar-refractivity contribution >= 4 is 104 Å². The number of H-pyrrole nitrogens is 2. The third-order valence-corrected chi connectivity index (χ3v) is 20.7. The molecular weight excluding hydrogens is 1330 g/mol. The van der Waals surface area contributed by atoms with Crippen molar-refractivity contribution < 1.29 is 65.9 Å². The predicted octanol–water partition coefficient (Wildman–Crippen LogP) is 4.73. The first kappa shape index (κ1) is 75.1. The van der Waals surface area contributed by atoms with Crippen molar-refractivity contribution in [2.75, 3.05) is 38.2 Å². The number of hydrogen-bond donors (Lipinski definition) is 11. The summed E-state index contributed by atoms with van der Waals surface area (Å²) in [7, 11) is 1.49. The summed E-state index contributed by atoms with van der Waals surface area (Å²) in [6, 6.07) is 8.61. The van der Waals surface area contributed by atoms with E-state index < -0.39 is 136 Å². The molecule has 9 atom stereocenters. The zero-order chi connectivity index (χ0) is 71.9. The fourth-order valence-electron chi connectivity index (χ4n) is 13.0. The van der Waals surface area contributed by atoms with Gasteiger partial charge in [0.05, 0.1) is 7.11 Å². The lowest BCUT2D eigenvalue weighted by molar-refractivity contribution is -0.147. The Hall–Kier alpha value is -9.09. The number of nitrogens with one attached hydrogen (secondary N) is 9. The molecule has 536 valence electrons. The number of thioether (sulfide) groups is 2. The standard InChI is InChI=1S/C71H88F3N13O11S2/c1-39(2)61-67(94)83-56(29-41-12-16-49(98-5)17-13-41)69(96)87-24-9-21-71(87,4)70(97)84-58(62(76)89)38-100-37-43-26-42(27-48(74)28-43)36-99-25-20-60(88)80-54(10-6-7-22-75)64(91)79-40(3)63(90)81-55(30-44-34-77-52-18-14-46(72)32-50(44)52)65(92)82-57(68(95)86-23-8-11-59(86)66(93)85-61)31-45-35-78-53-19-15-47(73)33-51(45)53/h12-19,26-28,32-35,39-40,54-59,61,77-78H,6-11,20-25,29-31,36-38,75H2,1-5H3,(H2,76,89)(H,79,91)(H,80,88)(H,81,90)(H,82,92)(H,83,94)(H,84,97)(H,85,93)/t40-,54+,55+,56+,57+,58+,59+,61+,71+/m1/s1. The molecule has 0 spiro atoms. The molecule has 3 aliphatic rings. The highest BCUT2D eigenvalue weighted by Crippen LogP contribution is 2.32. The summed E-state index contributed by atoms with van der Waals surface area (Å²) >= 11 is 2.55. The quantitative estimate of drug-likeness (QED) is 0.0697. The second kappa shape index (κ2) is 34.3. The number of aromatic amines is 2. The molecule has 2 bridgehead atoms. The normalized spacial score (nSPS) is 24.3. The van der Waals surface area contributed by atoms with Crippen LogP contribution in [-0.2, 0) is 78.7 Å². The van der Waals surface area contributed by atoms with Gasteiger partial charge in [0.2, 0.25) is 59.1 Å². The van der Waals surface area contributed by atoms with Crippen LogP contribution in [0, 0.1) is 23.4 Å². The Balaban J connectivity index is 1.05. The molecule has 0 saturated carbocycles. The topological polar surface area (TPSA) is 354 Å².